The molecule has 2 fully saturated rings. The standard InChI is InChI=1S/C44H49BrN6O4/c1-27-14-15-40(45)50-36(27)19-38(53)37-20-44-21-39(44)51(37)41(54)24-49-43-32(13-8-6-4-5-7-10-30-11-9-12-31(16-30)25-55-26-44)17-33(18-35(43)42(46)28(2)52)34-22-47-29(3)48-23-34/h9,11-12,14-18,22-23,37,39,46,49H,4-8,10,13,19-21,24-26H2,1-3H3/t37-,39+,44-/m0/s1. The number of pyridine rings is 1. The van der Waals surface area contributed by atoms with Gasteiger partial charge in [-0.1, -0.05) is 49.6 Å². The number of ketones is 2. The third-order valence-electron chi connectivity index (χ3n) is 11.5. The molecule has 2 aliphatic heterocycles. The number of hydrogen-bond donors (Lipinski definition) is 2. The van der Waals surface area contributed by atoms with Crippen LogP contribution in [0.5, 0.6) is 0 Å². The molecule has 11 heteroatoms. The van der Waals surface area contributed by atoms with E-state index in [0.29, 0.717) is 53.4 Å². The summed E-state index contributed by atoms with van der Waals surface area (Å²) in [6.45, 7) is 6.02. The lowest BCUT2D eigenvalue weighted by molar-refractivity contribution is -0.137. The molecule has 1 saturated carbocycles. The van der Waals surface area contributed by atoms with Crippen LogP contribution in [0.4, 0.5) is 5.69 Å². The summed E-state index contributed by atoms with van der Waals surface area (Å²) in [6.07, 6.45) is 11.9. The van der Waals surface area contributed by atoms with E-state index in [9.17, 15) is 14.4 Å². The molecule has 10 nitrogen and oxygen atoms in total. The molecule has 0 radical (unpaired) electrons. The predicted octanol–water partition coefficient (Wildman–Crippen LogP) is 7.72. The maximum atomic E-state index is 14.5. The Hall–Kier alpha value is -4.61. The molecular weight excluding hydrogens is 756 g/mol. The minimum atomic E-state index is -0.614. The lowest BCUT2D eigenvalue weighted by Crippen LogP contribution is -2.46. The average molecular weight is 806 g/mol. The number of Topliss-reactive ketones (excluding diaryl/α,β-unsaturated/α-hetero) is 2. The lowest BCUT2D eigenvalue weighted by Gasteiger charge is -2.28. The number of carbonyl (C=O) groups excluding carboxylic acids is 3. The molecule has 4 bridgehead atoms. The smallest absolute Gasteiger partial charge is 0.242 e. The van der Waals surface area contributed by atoms with Gasteiger partial charge in [0.1, 0.15) is 16.1 Å². The largest absolute Gasteiger partial charge is 0.376 e. The Morgan fingerprint density at radius 3 is 2.49 bits per heavy atom. The van der Waals surface area contributed by atoms with Crippen molar-refractivity contribution in [3.8, 4) is 11.1 Å². The Kier molecular flexibility index (Phi) is 11.7. The molecule has 1 saturated heterocycles. The highest BCUT2D eigenvalue weighted by atomic mass is 79.9. The van der Waals surface area contributed by atoms with E-state index in [1.165, 1.54) is 12.5 Å². The van der Waals surface area contributed by atoms with Crippen LogP contribution in [0, 0.1) is 24.7 Å². The first-order chi connectivity index (χ1) is 26.5. The molecule has 0 spiro atoms. The third kappa shape index (κ3) is 8.78. The highest BCUT2D eigenvalue weighted by molar-refractivity contribution is 9.10. The number of fused-ring (bicyclic) bond motifs is 3. The number of aromatic nitrogens is 3. The predicted molar refractivity (Wildman–Crippen MR) is 216 cm³/mol. The van der Waals surface area contributed by atoms with Crippen molar-refractivity contribution >= 4 is 44.8 Å². The van der Waals surface area contributed by atoms with Gasteiger partial charge in [0.2, 0.25) is 5.91 Å². The van der Waals surface area contributed by atoms with Crippen LogP contribution in [0.25, 0.3) is 11.1 Å². The number of carbonyl (C=O) groups is 3. The quantitative estimate of drug-likeness (QED) is 0.149. The van der Waals surface area contributed by atoms with Gasteiger partial charge in [0.15, 0.2) is 11.6 Å². The van der Waals surface area contributed by atoms with Crippen molar-refractivity contribution in [1.29, 1.82) is 5.41 Å². The second-order valence-electron chi connectivity index (χ2n) is 15.6. The van der Waals surface area contributed by atoms with Crippen molar-refractivity contribution in [1.82, 2.24) is 19.9 Å². The fourth-order valence-corrected chi connectivity index (χ4v) is 8.70. The third-order valence-corrected chi connectivity index (χ3v) is 12.0. The number of amides is 1. The molecule has 3 atom stereocenters. The summed E-state index contributed by atoms with van der Waals surface area (Å²) < 4.78 is 7.04. The summed E-state index contributed by atoms with van der Waals surface area (Å²) >= 11 is 3.45. The first-order valence-corrected chi connectivity index (χ1v) is 20.2. The van der Waals surface area contributed by atoms with E-state index in [-0.39, 0.29) is 47.6 Å². The van der Waals surface area contributed by atoms with Crippen molar-refractivity contribution < 1.29 is 19.1 Å². The summed E-state index contributed by atoms with van der Waals surface area (Å²) in [5.74, 6) is 0.0482. The molecule has 2 aromatic heterocycles. The SMILES string of the molecule is CC(=O)C(=N)c1cc(-c2cnc(C)nc2)cc2c1NCC(=O)N1[C@H](C(=O)Cc3nc(Br)ccc3C)C[C@@]3(COCc4cccc(c4)CCCCCCC2)C[C@@H]13. The van der Waals surface area contributed by atoms with Gasteiger partial charge in [0.05, 0.1) is 37.9 Å². The van der Waals surface area contributed by atoms with Crippen LogP contribution in [0.1, 0.15) is 91.2 Å². The van der Waals surface area contributed by atoms with Crippen molar-refractivity contribution in [2.75, 3.05) is 18.5 Å². The van der Waals surface area contributed by atoms with E-state index in [0.717, 1.165) is 72.8 Å². The zero-order chi connectivity index (χ0) is 38.7. The van der Waals surface area contributed by atoms with Gasteiger partial charge in [0.25, 0.3) is 0 Å². The van der Waals surface area contributed by atoms with Crippen molar-refractivity contribution in [2.45, 2.75) is 104 Å². The minimum Gasteiger partial charge on any atom is -0.376 e. The van der Waals surface area contributed by atoms with Crippen LogP contribution in [0.15, 0.2) is 65.5 Å². The Morgan fingerprint density at radius 2 is 1.71 bits per heavy atom. The fraction of sp³-hybridized carbons (Fsp3) is 0.432. The highest BCUT2D eigenvalue weighted by Crippen LogP contribution is 2.60. The molecular formula is C44H49BrN6O4. The summed E-state index contributed by atoms with van der Waals surface area (Å²) in [7, 11) is 0. The molecule has 1 aliphatic carbocycles. The number of benzene rings is 2. The number of hydrogen-bond acceptors (Lipinski definition) is 9. The summed E-state index contributed by atoms with van der Waals surface area (Å²) in [5, 5.41) is 12.3. The number of anilines is 1. The van der Waals surface area contributed by atoms with Crippen molar-refractivity contribution in [3.05, 3.63) is 105 Å². The summed E-state index contributed by atoms with van der Waals surface area (Å²) in [4.78, 5) is 56.6. The fourth-order valence-electron chi connectivity index (χ4n) is 8.36. The molecule has 4 heterocycles. The Bertz CT molecular complexity index is 2120. The van der Waals surface area contributed by atoms with Crippen LogP contribution in [0.3, 0.4) is 0 Å². The zero-order valence-electron chi connectivity index (χ0n) is 31.9. The van der Waals surface area contributed by atoms with Gasteiger partial charge in [-0.3, -0.25) is 19.8 Å². The number of nitrogens with zero attached hydrogens (tertiary/aromatic N) is 4. The highest BCUT2D eigenvalue weighted by Gasteiger charge is 2.67. The molecule has 4 aromatic rings. The van der Waals surface area contributed by atoms with E-state index < -0.39 is 6.04 Å². The first-order valence-electron chi connectivity index (χ1n) is 19.4. The minimum absolute atomic E-state index is 0.0415. The lowest BCUT2D eigenvalue weighted by atomic mass is 9.92. The van der Waals surface area contributed by atoms with Crippen LogP contribution < -0.4 is 5.32 Å². The van der Waals surface area contributed by atoms with Gasteiger partial charge in [-0.25, -0.2) is 15.0 Å². The topological polar surface area (TPSA) is 138 Å². The summed E-state index contributed by atoms with van der Waals surface area (Å²) in [6, 6.07) is 15.6. The Labute approximate surface area is 331 Å². The molecule has 2 aromatic carbocycles. The van der Waals surface area contributed by atoms with E-state index >= 15 is 0 Å². The number of halogens is 1. The van der Waals surface area contributed by atoms with E-state index in [1.54, 1.807) is 17.3 Å². The summed E-state index contributed by atoms with van der Waals surface area (Å²) in [5.41, 5.74) is 7.20. The maximum absolute atomic E-state index is 14.5. The monoisotopic (exact) mass is 804 g/mol. The molecule has 0 unspecified atom stereocenters. The van der Waals surface area contributed by atoms with Gasteiger partial charge in [-0.15, -0.1) is 0 Å². The Morgan fingerprint density at radius 1 is 0.964 bits per heavy atom. The van der Waals surface area contributed by atoms with Crippen LogP contribution in [-0.4, -0.2) is 68.3 Å². The van der Waals surface area contributed by atoms with Crippen molar-refractivity contribution in [3.63, 3.8) is 0 Å². The Balaban J connectivity index is 1.22. The van der Waals surface area contributed by atoms with Gasteiger partial charge >= 0.3 is 0 Å². The van der Waals surface area contributed by atoms with Gasteiger partial charge in [-0.05, 0) is 114 Å². The first kappa shape index (κ1) is 38.7. The number of piperidine rings is 1. The van der Waals surface area contributed by atoms with Gasteiger partial charge in [-0.2, -0.15) is 0 Å². The van der Waals surface area contributed by atoms with Gasteiger partial charge < -0.3 is 15.0 Å². The molecule has 3 aliphatic rings. The van der Waals surface area contributed by atoms with Crippen LogP contribution in [-0.2, 0) is 45.0 Å². The molecule has 286 valence electrons. The number of ether oxygens (including phenoxy) is 1. The van der Waals surface area contributed by atoms with E-state index in [4.69, 9.17) is 10.1 Å². The maximum Gasteiger partial charge on any atom is 0.242 e. The van der Waals surface area contributed by atoms with E-state index in [2.05, 4.69) is 66.5 Å². The molecule has 55 heavy (non-hydrogen) atoms. The normalized spacial score (nSPS) is 21.7. The molecule has 2 N–H and O–H groups in total. The number of aryl methyl sites for hydroxylation is 4. The number of rotatable bonds is 6. The average Bonchev–Trinajstić information content (AvgIpc) is 3.76. The molecule has 7 rings (SSSR count). The second-order valence-corrected chi connectivity index (χ2v) is 16.4. The second kappa shape index (κ2) is 16.6. The van der Waals surface area contributed by atoms with Crippen molar-refractivity contribution in [2.24, 2.45) is 5.41 Å². The number of nitrogens with one attached hydrogen (secondary N) is 2. The van der Waals surface area contributed by atoms with E-state index in [1.807, 2.05) is 32.0 Å². The van der Waals surface area contributed by atoms with Crippen LogP contribution in [0.2, 0.25) is 0 Å². The zero-order valence-corrected chi connectivity index (χ0v) is 33.5. The van der Waals surface area contributed by atoms with Crippen LogP contribution >= 0.6 is 15.9 Å². The molecule has 1 amide bonds. The van der Waals surface area contributed by atoms with Gasteiger partial charge in [0, 0.05) is 47.6 Å².